The largest absolute Gasteiger partial charge is 0.359 e. The molecule has 1 aromatic carbocycles. The van der Waals surface area contributed by atoms with Crippen molar-refractivity contribution < 1.29 is 9.59 Å². The van der Waals surface area contributed by atoms with E-state index in [0.717, 1.165) is 38.8 Å². The molecule has 1 aliphatic rings. The number of amides is 2. The summed E-state index contributed by atoms with van der Waals surface area (Å²) in [6, 6.07) is 8.63. The standard InChI is InChI=1S/C19H28N2O2/c1-3-19(23)21-12-10-17(11-13-21)14-16-6-4-15(5-7-16)8-9-18(22)20-2/h4-7,17H,3,8-14H2,1-2H3,(H,20,22). The number of likely N-dealkylation sites (tertiary alicyclic amines) is 1. The van der Waals surface area contributed by atoms with Gasteiger partial charge in [-0.2, -0.15) is 0 Å². The third-order valence-electron chi connectivity index (χ3n) is 4.74. The lowest BCUT2D eigenvalue weighted by Crippen LogP contribution is -2.38. The van der Waals surface area contributed by atoms with E-state index in [9.17, 15) is 9.59 Å². The topological polar surface area (TPSA) is 49.4 Å². The second kappa shape index (κ2) is 8.70. The van der Waals surface area contributed by atoms with Gasteiger partial charge in [-0.1, -0.05) is 31.2 Å². The Morgan fingerprint density at radius 1 is 1.13 bits per heavy atom. The number of aryl methyl sites for hydroxylation is 1. The molecule has 1 aliphatic heterocycles. The number of carbonyl (C=O) groups excluding carboxylic acids is 2. The second-order valence-electron chi connectivity index (χ2n) is 6.37. The number of hydrogen-bond donors (Lipinski definition) is 1. The van der Waals surface area contributed by atoms with Crippen LogP contribution in [0.3, 0.4) is 0 Å². The van der Waals surface area contributed by atoms with Crippen LogP contribution < -0.4 is 5.32 Å². The average Bonchev–Trinajstić information content (AvgIpc) is 2.60. The van der Waals surface area contributed by atoms with Crippen molar-refractivity contribution in [3.05, 3.63) is 35.4 Å². The third kappa shape index (κ3) is 5.38. The summed E-state index contributed by atoms with van der Waals surface area (Å²) >= 11 is 0. The molecule has 4 nitrogen and oxygen atoms in total. The van der Waals surface area contributed by atoms with E-state index in [2.05, 4.69) is 29.6 Å². The lowest BCUT2D eigenvalue weighted by Gasteiger charge is -2.32. The molecule has 0 aromatic heterocycles. The number of benzene rings is 1. The molecule has 1 saturated heterocycles. The zero-order valence-electron chi connectivity index (χ0n) is 14.3. The van der Waals surface area contributed by atoms with Crippen LogP contribution in [0.1, 0.15) is 43.7 Å². The summed E-state index contributed by atoms with van der Waals surface area (Å²) in [6.45, 7) is 3.74. The molecule has 126 valence electrons. The molecule has 0 bridgehead atoms. The summed E-state index contributed by atoms with van der Waals surface area (Å²) in [5.74, 6) is 1.04. The molecule has 4 heteroatoms. The molecule has 0 saturated carbocycles. The zero-order valence-corrected chi connectivity index (χ0v) is 14.3. The van der Waals surface area contributed by atoms with Gasteiger partial charge in [0.15, 0.2) is 0 Å². The van der Waals surface area contributed by atoms with Crippen LogP contribution in [0, 0.1) is 5.92 Å². The fourth-order valence-corrected chi connectivity index (χ4v) is 3.17. The molecule has 0 unspecified atom stereocenters. The van der Waals surface area contributed by atoms with Crippen molar-refractivity contribution in [1.82, 2.24) is 10.2 Å². The van der Waals surface area contributed by atoms with Crippen LogP contribution in [0.4, 0.5) is 0 Å². The Bertz CT molecular complexity index is 517. The Morgan fingerprint density at radius 2 is 1.74 bits per heavy atom. The van der Waals surface area contributed by atoms with Gasteiger partial charge in [-0.05, 0) is 42.7 Å². The highest BCUT2D eigenvalue weighted by atomic mass is 16.2. The van der Waals surface area contributed by atoms with E-state index in [4.69, 9.17) is 0 Å². The van der Waals surface area contributed by atoms with Crippen molar-refractivity contribution in [2.24, 2.45) is 5.92 Å². The van der Waals surface area contributed by atoms with E-state index in [1.165, 1.54) is 11.1 Å². The van der Waals surface area contributed by atoms with Gasteiger partial charge in [-0.15, -0.1) is 0 Å². The van der Waals surface area contributed by atoms with Crippen molar-refractivity contribution in [2.45, 2.75) is 45.4 Å². The number of hydrogen-bond acceptors (Lipinski definition) is 2. The van der Waals surface area contributed by atoms with Crippen LogP contribution in [0.2, 0.25) is 0 Å². The SMILES string of the molecule is CCC(=O)N1CCC(Cc2ccc(CCC(=O)NC)cc2)CC1. The lowest BCUT2D eigenvalue weighted by molar-refractivity contribution is -0.132. The summed E-state index contributed by atoms with van der Waals surface area (Å²) in [5.41, 5.74) is 2.56. The Labute approximate surface area is 139 Å². The fourth-order valence-electron chi connectivity index (χ4n) is 3.17. The minimum absolute atomic E-state index is 0.0856. The molecule has 1 fully saturated rings. The van der Waals surface area contributed by atoms with Crippen LogP contribution in [0.5, 0.6) is 0 Å². The highest BCUT2D eigenvalue weighted by molar-refractivity contribution is 5.76. The number of carbonyl (C=O) groups is 2. The summed E-state index contributed by atoms with van der Waals surface area (Å²) in [7, 11) is 1.67. The highest BCUT2D eigenvalue weighted by Gasteiger charge is 2.21. The van der Waals surface area contributed by atoms with Crippen LogP contribution in [-0.4, -0.2) is 36.9 Å². The minimum Gasteiger partial charge on any atom is -0.359 e. The first-order valence-electron chi connectivity index (χ1n) is 8.68. The van der Waals surface area contributed by atoms with E-state index >= 15 is 0 Å². The van der Waals surface area contributed by atoms with E-state index in [1.807, 2.05) is 11.8 Å². The van der Waals surface area contributed by atoms with E-state index in [-0.39, 0.29) is 11.8 Å². The van der Waals surface area contributed by atoms with Crippen LogP contribution in [0.15, 0.2) is 24.3 Å². The molecule has 1 aromatic rings. The minimum atomic E-state index is 0.0856. The smallest absolute Gasteiger partial charge is 0.222 e. The molecule has 2 rings (SSSR count). The molecule has 0 spiro atoms. The van der Waals surface area contributed by atoms with Gasteiger partial charge < -0.3 is 10.2 Å². The van der Waals surface area contributed by atoms with Crippen molar-refractivity contribution in [3.8, 4) is 0 Å². The Balaban J connectivity index is 1.78. The Morgan fingerprint density at radius 3 is 2.30 bits per heavy atom. The molecular weight excluding hydrogens is 288 g/mol. The number of piperidine rings is 1. The highest BCUT2D eigenvalue weighted by Crippen LogP contribution is 2.22. The maximum Gasteiger partial charge on any atom is 0.222 e. The number of nitrogens with zero attached hydrogens (tertiary/aromatic N) is 1. The van der Waals surface area contributed by atoms with Gasteiger partial charge in [0.2, 0.25) is 11.8 Å². The molecule has 1 N–H and O–H groups in total. The first kappa shape index (κ1) is 17.5. The molecule has 0 radical (unpaired) electrons. The summed E-state index contributed by atoms with van der Waals surface area (Å²) < 4.78 is 0. The Kier molecular flexibility index (Phi) is 6.63. The van der Waals surface area contributed by atoms with Gasteiger partial charge in [0.25, 0.3) is 0 Å². The fraction of sp³-hybridized carbons (Fsp3) is 0.579. The van der Waals surface area contributed by atoms with Gasteiger partial charge in [0.1, 0.15) is 0 Å². The van der Waals surface area contributed by atoms with Gasteiger partial charge in [0.05, 0.1) is 0 Å². The second-order valence-corrected chi connectivity index (χ2v) is 6.37. The quantitative estimate of drug-likeness (QED) is 0.877. The van der Waals surface area contributed by atoms with E-state index in [1.54, 1.807) is 7.05 Å². The first-order valence-corrected chi connectivity index (χ1v) is 8.68. The normalized spacial score (nSPS) is 15.5. The number of nitrogens with one attached hydrogen (secondary N) is 1. The van der Waals surface area contributed by atoms with Gasteiger partial charge in [-0.25, -0.2) is 0 Å². The first-order chi connectivity index (χ1) is 11.1. The lowest BCUT2D eigenvalue weighted by atomic mass is 9.89. The van der Waals surface area contributed by atoms with Crippen LogP contribution in [0.25, 0.3) is 0 Å². The van der Waals surface area contributed by atoms with Gasteiger partial charge in [-0.3, -0.25) is 9.59 Å². The summed E-state index contributed by atoms with van der Waals surface area (Å²) in [5, 5.41) is 2.65. The predicted molar refractivity (Wildman–Crippen MR) is 92.1 cm³/mol. The molecule has 2 amide bonds. The van der Waals surface area contributed by atoms with Crippen molar-refractivity contribution >= 4 is 11.8 Å². The average molecular weight is 316 g/mol. The predicted octanol–water partition coefficient (Wildman–Crippen LogP) is 2.56. The monoisotopic (exact) mass is 316 g/mol. The number of rotatable bonds is 6. The molecule has 0 aliphatic carbocycles. The van der Waals surface area contributed by atoms with Crippen molar-refractivity contribution in [1.29, 1.82) is 0 Å². The summed E-state index contributed by atoms with van der Waals surface area (Å²) in [4.78, 5) is 25.0. The third-order valence-corrected chi connectivity index (χ3v) is 4.74. The molecular formula is C19H28N2O2. The summed E-state index contributed by atoms with van der Waals surface area (Å²) in [6.07, 6.45) is 5.23. The molecule has 23 heavy (non-hydrogen) atoms. The maximum atomic E-state index is 11.7. The van der Waals surface area contributed by atoms with E-state index in [0.29, 0.717) is 18.8 Å². The molecule has 0 atom stereocenters. The molecule has 1 heterocycles. The van der Waals surface area contributed by atoms with Gasteiger partial charge in [0, 0.05) is 33.0 Å². The van der Waals surface area contributed by atoms with Crippen LogP contribution in [-0.2, 0) is 22.4 Å². The van der Waals surface area contributed by atoms with Crippen molar-refractivity contribution in [3.63, 3.8) is 0 Å². The Hall–Kier alpha value is -1.84. The maximum absolute atomic E-state index is 11.7. The van der Waals surface area contributed by atoms with Gasteiger partial charge >= 0.3 is 0 Å². The zero-order chi connectivity index (χ0) is 16.7. The van der Waals surface area contributed by atoms with Crippen molar-refractivity contribution in [2.75, 3.05) is 20.1 Å². The van der Waals surface area contributed by atoms with E-state index < -0.39 is 0 Å². The van der Waals surface area contributed by atoms with Crippen LogP contribution >= 0.6 is 0 Å².